The molecule has 4 aromatic rings. The van der Waals surface area contributed by atoms with E-state index in [0.29, 0.717) is 16.4 Å². The molecule has 0 aliphatic carbocycles. The largest absolute Gasteiger partial charge is 0.497 e. The van der Waals surface area contributed by atoms with E-state index in [0.717, 1.165) is 21.6 Å². The van der Waals surface area contributed by atoms with E-state index in [4.69, 9.17) is 4.74 Å². The van der Waals surface area contributed by atoms with E-state index in [1.165, 1.54) is 28.4 Å². The Labute approximate surface area is 173 Å². The number of hydrogen-bond acceptors (Lipinski definition) is 8. The number of hydrogen-bond donors (Lipinski definition) is 0. The van der Waals surface area contributed by atoms with E-state index in [-0.39, 0.29) is 22.3 Å². The summed E-state index contributed by atoms with van der Waals surface area (Å²) in [6.45, 7) is 0.245. The Morgan fingerprint density at radius 3 is 2.79 bits per heavy atom. The first-order chi connectivity index (χ1) is 14.0. The molecule has 0 atom stereocenters. The molecule has 1 amide bonds. The molecule has 8 nitrogen and oxygen atoms in total. The number of thiazole rings is 1. The lowest BCUT2D eigenvalue weighted by Crippen LogP contribution is -2.29. The topological polar surface area (TPSA) is 98.5 Å². The van der Waals surface area contributed by atoms with Crippen molar-refractivity contribution in [2.24, 2.45) is 0 Å². The highest BCUT2D eigenvalue weighted by molar-refractivity contribution is 7.22. The first-order valence-corrected chi connectivity index (χ1v) is 10.1. The third-order valence-electron chi connectivity index (χ3n) is 4.11. The van der Waals surface area contributed by atoms with Crippen molar-refractivity contribution >= 4 is 48.9 Å². The highest BCUT2D eigenvalue weighted by atomic mass is 32.1. The van der Waals surface area contributed by atoms with Gasteiger partial charge in [-0.25, -0.2) is 4.98 Å². The monoisotopic (exact) mass is 426 g/mol. The normalized spacial score (nSPS) is 10.8. The summed E-state index contributed by atoms with van der Waals surface area (Å²) < 4.78 is 6.15. The second kappa shape index (κ2) is 7.94. The number of pyridine rings is 1. The number of benzene rings is 1. The summed E-state index contributed by atoms with van der Waals surface area (Å²) in [5.41, 5.74) is 1.54. The number of fused-ring (bicyclic) bond motifs is 1. The number of nitrogens with zero attached hydrogens (tertiary/aromatic N) is 4. The smallest absolute Gasteiger partial charge is 0.324 e. The average Bonchev–Trinajstić information content (AvgIpc) is 3.39. The Hall–Kier alpha value is -3.37. The number of rotatable bonds is 6. The molecule has 0 unspecified atom stereocenters. The molecule has 0 aliphatic heterocycles. The minimum atomic E-state index is -0.503. The van der Waals surface area contributed by atoms with Gasteiger partial charge >= 0.3 is 5.00 Å². The van der Waals surface area contributed by atoms with Crippen LogP contribution in [0.1, 0.15) is 15.2 Å². The molecule has 0 saturated heterocycles. The maximum absolute atomic E-state index is 13.2. The molecule has 4 rings (SSSR count). The van der Waals surface area contributed by atoms with Crippen LogP contribution in [0.25, 0.3) is 10.2 Å². The standard InChI is InChI=1S/C19H14N4O4S2/c1-27-13-4-5-15-14(9-13)21-19(29-15)22(11-12-3-2-8-20-10-12)18(24)16-6-7-17(28-16)23(25)26/h2-10H,11H2,1H3. The molecule has 0 radical (unpaired) electrons. The van der Waals surface area contributed by atoms with E-state index in [9.17, 15) is 14.9 Å². The highest BCUT2D eigenvalue weighted by Crippen LogP contribution is 2.34. The van der Waals surface area contributed by atoms with Crippen molar-refractivity contribution in [2.75, 3.05) is 12.0 Å². The van der Waals surface area contributed by atoms with Gasteiger partial charge in [0.2, 0.25) is 0 Å². The van der Waals surface area contributed by atoms with Gasteiger partial charge in [0.05, 0.1) is 33.7 Å². The van der Waals surface area contributed by atoms with Crippen LogP contribution in [0.5, 0.6) is 5.75 Å². The highest BCUT2D eigenvalue weighted by Gasteiger charge is 2.25. The summed E-state index contributed by atoms with van der Waals surface area (Å²) in [5, 5.41) is 11.4. The maximum Gasteiger partial charge on any atom is 0.324 e. The van der Waals surface area contributed by atoms with E-state index in [1.54, 1.807) is 31.6 Å². The fraction of sp³-hybridized carbons (Fsp3) is 0.105. The van der Waals surface area contributed by atoms with Gasteiger partial charge in [0.15, 0.2) is 5.13 Å². The summed E-state index contributed by atoms with van der Waals surface area (Å²) in [7, 11) is 1.58. The Bertz CT molecular complexity index is 1190. The Morgan fingerprint density at radius 2 is 2.10 bits per heavy atom. The number of thiophene rings is 1. The lowest BCUT2D eigenvalue weighted by Gasteiger charge is -2.19. The van der Waals surface area contributed by atoms with E-state index >= 15 is 0 Å². The van der Waals surface area contributed by atoms with E-state index < -0.39 is 4.92 Å². The predicted molar refractivity (Wildman–Crippen MR) is 112 cm³/mol. The molecule has 10 heteroatoms. The molecule has 0 saturated carbocycles. The summed E-state index contributed by atoms with van der Waals surface area (Å²) in [4.78, 5) is 34.2. The van der Waals surface area contributed by atoms with Gasteiger partial charge in [0, 0.05) is 24.5 Å². The zero-order chi connectivity index (χ0) is 20.4. The molecular formula is C19H14N4O4S2. The van der Waals surface area contributed by atoms with Crippen LogP contribution in [0.2, 0.25) is 0 Å². The Balaban J connectivity index is 1.75. The number of methoxy groups -OCH3 is 1. The molecule has 0 bridgehead atoms. The molecule has 3 heterocycles. The number of aromatic nitrogens is 2. The van der Waals surface area contributed by atoms with Gasteiger partial charge in [-0.15, -0.1) is 0 Å². The van der Waals surface area contributed by atoms with Crippen LogP contribution in [-0.4, -0.2) is 27.9 Å². The van der Waals surface area contributed by atoms with Crippen LogP contribution in [0.15, 0.2) is 54.9 Å². The van der Waals surface area contributed by atoms with Gasteiger partial charge < -0.3 is 4.74 Å². The zero-order valence-electron chi connectivity index (χ0n) is 15.1. The number of carbonyl (C=O) groups excluding carboxylic acids is 1. The molecule has 0 N–H and O–H groups in total. The van der Waals surface area contributed by atoms with Crippen LogP contribution in [0, 0.1) is 10.1 Å². The van der Waals surface area contributed by atoms with Crippen molar-refractivity contribution in [3.05, 3.63) is 75.4 Å². The van der Waals surface area contributed by atoms with Gasteiger partial charge in [-0.05, 0) is 29.8 Å². The fourth-order valence-corrected chi connectivity index (χ4v) is 4.42. The molecule has 0 aliphatic rings. The minimum Gasteiger partial charge on any atom is -0.497 e. The first kappa shape index (κ1) is 19.0. The summed E-state index contributed by atoms with van der Waals surface area (Å²) in [6, 6.07) is 12.0. The van der Waals surface area contributed by atoms with Crippen molar-refractivity contribution < 1.29 is 14.5 Å². The SMILES string of the molecule is COc1ccc2sc(N(Cc3cccnc3)C(=O)c3ccc([N+](=O)[O-])s3)nc2c1. The number of anilines is 1. The summed E-state index contributed by atoms with van der Waals surface area (Å²) in [6.07, 6.45) is 3.33. The third kappa shape index (κ3) is 3.93. The number of amides is 1. The van der Waals surface area contributed by atoms with E-state index in [2.05, 4.69) is 9.97 Å². The van der Waals surface area contributed by atoms with Gasteiger partial charge in [0.25, 0.3) is 5.91 Å². The predicted octanol–water partition coefficient (Wildman–Crippen LogP) is 4.52. The zero-order valence-corrected chi connectivity index (χ0v) is 16.8. The Morgan fingerprint density at radius 1 is 1.24 bits per heavy atom. The minimum absolute atomic E-state index is 0.0799. The molecule has 1 aromatic carbocycles. The van der Waals surface area contributed by atoms with Crippen molar-refractivity contribution in [3.63, 3.8) is 0 Å². The summed E-state index contributed by atoms with van der Waals surface area (Å²) in [5.74, 6) is 0.325. The van der Waals surface area contributed by atoms with Crippen LogP contribution in [0.4, 0.5) is 10.1 Å². The van der Waals surface area contributed by atoms with Crippen LogP contribution in [-0.2, 0) is 6.54 Å². The third-order valence-corrected chi connectivity index (χ3v) is 6.19. The maximum atomic E-state index is 13.2. The van der Waals surface area contributed by atoms with Crippen molar-refractivity contribution in [1.29, 1.82) is 0 Å². The van der Waals surface area contributed by atoms with Crippen molar-refractivity contribution in [1.82, 2.24) is 9.97 Å². The van der Waals surface area contributed by atoms with Gasteiger partial charge in [-0.2, -0.15) is 0 Å². The second-order valence-corrected chi connectivity index (χ2v) is 8.05. The quantitative estimate of drug-likeness (QED) is 0.332. The van der Waals surface area contributed by atoms with Crippen LogP contribution < -0.4 is 9.64 Å². The fourth-order valence-electron chi connectivity index (χ4n) is 2.71. The molecule has 29 heavy (non-hydrogen) atoms. The number of nitro groups is 1. The Kier molecular flexibility index (Phi) is 5.19. The van der Waals surface area contributed by atoms with Gasteiger partial charge in [-0.1, -0.05) is 28.7 Å². The summed E-state index contributed by atoms with van der Waals surface area (Å²) >= 11 is 2.22. The van der Waals surface area contributed by atoms with E-state index in [1.807, 2.05) is 18.2 Å². The van der Waals surface area contributed by atoms with Gasteiger partial charge in [-0.3, -0.25) is 24.8 Å². The second-order valence-electron chi connectivity index (χ2n) is 5.98. The lowest BCUT2D eigenvalue weighted by atomic mass is 10.2. The average molecular weight is 426 g/mol. The molecule has 146 valence electrons. The number of ether oxygens (including phenoxy) is 1. The van der Waals surface area contributed by atoms with Crippen molar-refractivity contribution in [2.45, 2.75) is 6.54 Å². The van der Waals surface area contributed by atoms with Crippen molar-refractivity contribution in [3.8, 4) is 5.75 Å². The molecule has 0 spiro atoms. The first-order valence-electron chi connectivity index (χ1n) is 8.45. The number of carbonyl (C=O) groups is 1. The van der Waals surface area contributed by atoms with Crippen LogP contribution >= 0.6 is 22.7 Å². The van der Waals surface area contributed by atoms with Gasteiger partial charge in [0.1, 0.15) is 5.75 Å². The lowest BCUT2D eigenvalue weighted by molar-refractivity contribution is -0.380. The van der Waals surface area contributed by atoms with Crippen LogP contribution in [0.3, 0.4) is 0 Å². The molecule has 0 fully saturated rings. The molecular weight excluding hydrogens is 412 g/mol. The molecule has 3 aromatic heterocycles.